The van der Waals surface area contributed by atoms with Crippen LogP contribution >= 0.6 is 11.6 Å². The number of pyridine rings is 1. The number of likely N-dealkylation sites (tertiary alicyclic amines) is 1. The van der Waals surface area contributed by atoms with Gasteiger partial charge in [0.05, 0.1) is 11.7 Å². The van der Waals surface area contributed by atoms with E-state index in [1.165, 1.54) is 38.0 Å². The zero-order valence-electron chi connectivity index (χ0n) is 12.6. The second-order valence-electron chi connectivity index (χ2n) is 5.82. The third kappa shape index (κ3) is 3.22. The van der Waals surface area contributed by atoms with Crippen molar-refractivity contribution >= 4 is 22.6 Å². The smallest absolute Gasteiger partial charge is 0.111 e. The molecular weight excluding hydrogens is 284 g/mol. The zero-order valence-corrected chi connectivity index (χ0v) is 13.4. The molecule has 0 unspecified atom stereocenters. The number of hydrogen-bond acceptors (Lipinski definition) is 3. The maximum absolute atomic E-state index is 5.94. The molecule has 1 fully saturated rings. The molecule has 2 aromatic rings. The average molecular weight is 307 g/mol. The maximum atomic E-state index is 5.94. The van der Waals surface area contributed by atoms with Crippen LogP contribution in [0.2, 0.25) is 0 Å². The van der Waals surface area contributed by atoms with Crippen LogP contribution < -0.4 is 0 Å². The van der Waals surface area contributed by atoms with Crippen LogP contribution in [0.1, 0.15) is 25.6 Å². The minimum absolute atomic E-state index is 0.616. The van der Waals surface area contributed by atoms with Gasteiger partial charge in [-0.25, -0.2) is 4.98 Å². The number of rotatable bonds is 5. The highest BCUT2D eigenvalue weighted by Crippen LogP contribution is 2.23. The van der Waals surface area contributed by atoms with E-state index in [0.29, 0.717) is 5.88 Å². The standard InChI is InChI=1S/C16H23ClN4/c1-2-20-9-5-13(6-10-20)12-21-15-4-8-18-11-14(15)19-16(21)3-7-17/h4,8,11,13H,2-3,5-7,9-10,12H2,1H3. The lowest BCUT2D eigenvalue weighted by molar-refractivity contribution is 0.181. The Bertz CT molecular complexity index is 587. The molecule has 0 atom stereocenters. The van der Waals surface area contributed by atoms with Crippen LogP contribution in [0.15, 0.2) is 18.5 Å². The Kier molecular flexibility index (Phi) is 4.76. The summed E-state index contributed by atoms with van der Waals surface area (Å²) < 4.78 is 2.37. The molecule has 21 heavy (non-hydrogen) atoms. The Morgan fingerprint density at radius 1 is 1.33 bits per heavy atom. The molecule has 3 heterocycles. The molecule has 1 aliphatic heterocycles. The summed E-state index contributed by atoms with van der Waals surface area (Å²) in [6, 6.07) is 2.07. The van der Waals surface area contributed by atoms with Crippen LogP contribution in [0, 0.1) is 5.92 Å². The number of hydrogen-bond donors (Lipinski definition) is 0. The van der Waals surface area contributed by atoms with Gasteiger partial charge in [0.1, 0.15) is 11.3 Å². The molecule has 1 aliphatic rings. The number of aromatic nitrogens is 3. The predicted molar refractivity (Wildman–Crippen MR) is 86.8 cm³/mol. The quantitative estimate of drug-likeness (QED) is 0.797. The molecule has 2 aromatic heterocycles. The van der Waals surface area contributed by atoms with E-state index in [1.807, 2.05) is 12.4 Å². The first-order chi connectivity index (χ1) is 10.3. The molecule has 114 valence electrons. The number of piperidine rings is 1. The van der Waals surface area contributed by atoms with Gasteiger partial charge in [-0.2, -0.15) is 0 Å². The van der Waals surface area contributed by atoms with Crippen molar-refractivity contribution in [2.45, 2.75) is 32.7 Å². The molecule has 1 saturated heterocycles. The van der Waals surface area contributed by atoms with Gasteiger partial charge in [0, 0.05) is 25.0 Å². The first kappa shape index (κ1) is 14.8. The van der Waals surface area contributed by atoms with Crippen molar-refractivity contribution in [3.63, 3.8) is 0 Å². The fourth-order valence-electron chi connectivity index (χ4n) is 3.25. The minimum atomic E-state index is 0.616. The van der Waals surface area contributed by atoms with Gasteiger partial charge in [0.25, 0.3) is 0 Å². The van der Waals surface area contributed by atoms with Crippen molar-refractivity contribution < 1.29 is 0 Å². The number of halogens is 1. The summed E-state index contributed by atoms with van der Waals surface area (Å²) in [5.74, 6) is 2.46. The van der Waals surface area contributed by atoms with E-state index in [0.717, 1.165) is 30.2 Å². The molecule has 0 bridgehead atoms. The van der Waals surface area contributed by atoms with E-state index in [1.54, 1.807) is 0 Å². The normalized spacial score (nSPS) is 17.6. The van der Waals surface area contributed by atoms with Crippen LogP contribution in [0.3, 0.4) is 0 Å². The molecule has 0 radical (unpaired) electrons. The van der Waals surface area contributed by atoms with E-state index in [2.05, 4.69) is 27.4 Å². The van der Waals surface area contributed by atoms with Crippen molar-refractivity contribution in [3.05, 3.63) is 24.3 Å². The van der Waals surface area contributed by atoms with Gasteiger partial charge in [0.15, 0.2) is 0 Å². The van der Waals surface area contributed by atoms with Crippen LogP contribution in [-0.4, -0.2) is 44.9 Å². The first-order valence-electron chi connectivity index (χ1n) is 7.89. The Hall–Kier alpha value is -1.13. The van der Waals surface area contributed by atoms with Crippen molar-refractivity contribution in [2.24, 2.45) is 5.92 Å². The number of aryl methyl sites for hydroxylation is 1. The third-order valence-electron chi connectivity index (χ3n) is 4.54. The highest BCUT2D eigenvalue weighted by molar-refractivity contribution is 6.17. The summed E-state index contributed by atoms with van der Waals surface area (Å²) in [5, 5.41) is 0. The van der Waals surface area contributed by atoms with Gasteiger partial charge in [-0.05, 0) is 44.5 Å². The van der Waals surface area contributed by atoms with E-state index in [4.69, 9.17) is 16.6 Å². The summed E-state index contributed by atoms with van der Waals surface area (Å²) in [6.07, 6.45) is 7.08. The number of imidazole rings is 1. The monoisotopic (exact) mass is 306 g/mol. The minimum Gasteiger partial charge on any atom is -0.328 e. The maximum Gasteiger partial charge on any atom is 0.111 e. The molecule has 0 spiro atoms. The molecule has 4 nitrogen and oxygen atoms in total. The third-order valence-corrected chi connectivity index (χ3v) is 4.73. The number of nitrogens with zero attached hydrogens (tertiary/aromatic N) is 4. The van der Waals surface area contributed by atoms with Gasteiger partial charge in [-0.15, -0.1) is 11.6 Å². The predicted octanol–water partition coefficient (Wildman–Crippen LogP) is 2.94. The summed E-state index contributed by atoms with van der Waals surface area (Å²) in [6.45, 7) is 6.92. The molecule has 0 N–H and O–H groups in total. The van der Waals surface area contributed by atoms with Gasteiger partial charge >= 0.3 is 0 Å². The Balaban J connectivity index is 1.80. The Morgan fingerprint density at radius 3 is 2.86 bits per heavy atom. The van der Waals surface area contributed by atoms with Crippen LogP contribution in [-0.2, 0) is 13.0 Å². The summed E-state index contributed by atoms with van der Waals surface area (Å²) in [5.41, 5.74) is 2.19. The molecule has 3 rings (SSSR count). The van der Waals surface area contributed by atoms with E-state index >= 15 is 0 Å². The van der Waals surface area contributed by atoms with Gasteiger partial charge in [-0.1, -0.05) is 6.92 Å². The molecule has 0 aromatic carbocycles. The van der Waals surface area contributed by atoms with E-state index in [-0.39, 0.29) is 0 Å². The number of alkyl halides is 1. The molecule has 5 heteroatoms. The zero-order chi connectivity index (χ0) is 14.7. The summed E-state index contributed by atoms with van der Waals surface area (Å²) in [7, 11) is 0. The Labute approximate surface area is 131 Å². The van der Waals surface area contributed by atoms with E-state index < -0.39 is 0 Å². The summed E-state index contributed by atoms with van der Waals surface area (Å²) in [4.78, 5) is 11.4. The van der Waals surface area contributed by atoms with E-state index in [9.17, 15) is 0 Å². The van der Waals surface area contributed by atoms with Gasteiger partial charge in [-0.3, -0.25) is 4.98 Å². The van der Waals surface area contributed by atoms with Gasteiger partial charge in [0.2, 0.25) is 0 Å². The lowest BCUT2D eigenvalue weighted by Gasteiger charge is -2.31. The molecule has 0 amide bonds. The molecule has 0 saturated carbocycles. The highest BCUT2D eigenvalue weighted by atomic mass is 35.5. The SMILES string of the molecule is CCN1CCC(Cn2c(CCCl)nc3cnccc32)CC1. The lowest BCUT2D eigenvalue weighted by Crippen LogP contribution is -2.34. The fraction of sp³-hybridized carbons (Fsp3) is 0.625. The number of fused-ring (bicyclic) bond motifs is 1. The highest BCUT2D eigenvalue weighted by Gasteiger charge is 2.20. The fourth-order valence-corrected chi connectivity index (χ4v) is 3.42. The van der Waals surface area contributed by atoms with Crippen LogP contribution in [0.5, 0.6) is 0 Å². The van der Waals surface area contributed by atoms with Crippen molar-refractivity contribution in [1.82, 2.24) is 19.4 Å². The second-order valence-corrected chi connectivity index (χ2v) is 6.20. The largest absolute Gasteiger partial charge is 0.328 e. The molecular formula is C16H23ClN4. The first-order valence-corrected chi connectivity index (χ1v) is 8.42. The average Bonchev–Trinajstić information content (AvgIpc) is 2.86. The summed E-state index contributed by atoms with van der Waals surface area (Å²) >= 11 is 5.94. The topological polar surface area (TPSA) is 34.0 Å². The lowest BCUT2D eigenvalue weighted by atomic mass is 9.96. The Morgan fingerprint density at radius 2 is 2.14 bits per heavy atom. The second kappa shape index (κ2) is 6.75. The van der Waals surface area contributed by atoms with Crippen molar-refractivity contribution in [2.75, 3.05) is 25.5 Å². The molecule has 0 aliphatic carbocycles. The van der Waals surface area contributed by atoms with Crippen LogP contribution in [0.25, 0.3) is 11.0 Å². The van der Waals surface area contributed by atoms with Crippen LogP contribution in [0.4, 0.5) is 0 Å². The van der Waals surface area contributed by atoms with Crippen molar-refractivity contribution in [3.8, 4) is 0 Å². The van der Waals surface area contributed by atoms with Gasteiger partial charge < -0.3 is 9.47 Å². The van der Waals surface area contributed by atoms with Crippen molar-refractivity contribution in [1.29, 1.82) is 0 Å².